The summed E-state index contributed by atoms with van der Waals surface area (Å²) in [6.07, 6.45) is 1.67. The molecule has 2 N–H and O–H groups in total. The first kappa shape index (κ1) is 15.9. The normalized spacial score (nSPS) is 20.0. The molecular formula is C14H21BrN2O2S. The second kappa shape index (κ2) is 6.13. The largest absolute Gasteiger partial charge is 0.328 e. The van der Waals surface area contributed by atoms with E-state index in [1.54, 1.807) is 10.4 Å². The second-order valence-electron chi connectivity index (χ2n) is 5.51. The minimum atomic E-state index is -3.40. The number of piperidine rings is 1. The van der Waals surface area contributed by atoms with Crippen molar-refractivity contribution in [1.82, 2.24) is 4.31 Å². The predicted octanol–water partition coefficient (Wildman–Crippen LogP) is 2.51. The molecule has 1 aliphatic rings. The van der Waals surface area contributed by atoms with Gasteiger partial charge >= 0.3 is 0 Å². The molecule has 1 saturated heterocycles. The molecule has 0 radical (unpaired) electrons. The van der Waals surface area contributed by atoms with E-state index in [1.807, 2.05) is 26.0 Å². The summed E-state index contributed by atoms with van der Waals surface area (Å²) in [5.41, 5.74) is 6.68. The van der Waals surface area contributed by atoms with Gasteiger partial charge in [0.2, 0.25) is 10.0 Å². The van der Waals surface area contributed by atoms with E-state index in [2.05, 4.69) is 15.9 Å². The quantitative estimate of drug-likeness (QED) is 0.900. The Kier molecular flexibility index (Phi) is 4.89. The van der Waals surface area contributed by atoms with Crippen molar-refractivity contribution in [2.75, 3.05) is 13.1 Å². The summed E-state index contributed by atoms with van der Waals surface area (Å²) in [5.74, 6) is 0.421. The summed E-state index contributed by atoms with van der Waals surface area (Å²) in [6, 6.07) is 5.50. The zero-order chi connectivity index (χ0) is 14.9. The molecule has 0 spiro atoms. The number of rotatable bonds is 3. The number of hydrogen-bond acceptors (Lipinski definition) is 3. The molecule has 0 aliphatic carbocycles. The van der Waals surface area contributed by atoms with Crippen molar-refractivity contribution in [2.24, 2.45) is 11.7 Å². The molecule has 1 fully saturated rings. The van der Waals surface area contributed by atoms with Crippen LogP contribution in [0.1, 0.15) is 25.3 Å². The maximum Gasteiger partial charge on any atom is 0.243 e. The molecule has 20 heavy (non-hydrogen) atoms. The monoisotopic (exact) mass is 360 g/mol. The zero-order valence-corrected chi connectivity index (χ0v) is 14.2. The Balaban J connectivity index is 2.22. The molecule has 0 saturated carbocycles. The molecule has 0 aromatic heterocycles. The Morgan fingerprint density at radius 1 is 1.35 bits per heavy atom. The molecule has 1 aromatic rings. The van der Waals surface area contributed by atoms with Crippen LogP contribution in [-0.4, -0.2) is 31.9 Å². The Morgan fingerprint density at radius 3 is 2.50 bits per heavy atom. The van der Waals surface area contributed by atoms with Crippen LogP contribution in [0.5, 0.6) is 0 Å². The van der Waals surface area contributed by atoms with Gasteiger partial charge in [-0.3, -0.25) is 0 Å². The van der Waals surface area contributed by atoms with Crippen LogP contribution in [0.2, 0.25) is 0 Å². The Bertz CT molecular complexity index is 579. The fourth-order valence-electron chi connectivity index (χ4n) is 2.63. The van der Waals surface area contributed by atoms with Gasteiger partial charge in [-0.25, -0.2) is 8.42 Å². The van der Waals surface area contributed by atoms with E-state index in [0.29, 0.717) is 23.9 Å². The summed E-state index contributed by atoms with van der Waals surface area (Å²) in [6.45, 7) is 4.93. The fourth-order valence-corrected chi connectivity index (χ4v) is 4.87. The van der Waals surface area contributed by atoms with Crippen molar-refractivity contribution >= 4 is 26.0 Å². The standard InChI is InChI=1S/C14H21BrN2O2S/c1-10-3-4-13(15)9-14(10)20(18,19)17-7-5-12(6-8-17)11(2)16/h3-4,9,11-12H,5-8,16H2,1-2H3. The highest BCUT2D eigenvalue weighted by atomic mass is 79.9. The highest BCUT2D eigenvalue weighted by molar-refractivity contribution is 9.10. The van der Waals surface area contributed by atoms with E-state index in [9.17, 15) is 8.42 Å². The Hall–Kier alpha value is -0.430. The van der Waals surface area contributed by atoms with Crippen molar-refractivity contribution in [3.63, 3.8) is 0 Å². The minimum Gasteiger partial charge on any atom is -0.328 e. The van der Waals surface area contributed by atoms with E-state index >= 15 is 0 Å². The van der Waals surface area contributed by atoms with Crippen LogP contribution < -0.4 is 5.73 Å². The van der Waals surface area contributed by atoms with Gasteiger partial charge in [0.25, 0.3) is 0 Å². The molecule has 1 aliphatic heterocycles. The van der Waals surface area contributed by atoms with Gasteiger partial charge in [-0.2, -0.15) is 4.31 Å². The van der Waals surface area contributed by atoms with Crippen molar-refractivity contribution in [3.8, 4) is 0 Å². The van der Waals surface area contributed by atoms with Gasteiger partial charge in [0.15, 0.2) is 0 Å². The molecule has 6 heteroatoms. The topological polar surface area (TPSA) is 63.4 Å². The SMILES string of the molecule is Cc1ccc(Br)cc1S(=O)(=O)N1CCC(C(C)N)CC1. The maximum atomic E-state index is 12.7. The Labute approximate surface area is 129 Å². The molecule has 1 aromatic carbocycles. The molecule has 1 atom stereocenters. The molecule has 2 rings (SSSR count). The fraction of sp³-hybridized carbons (Fsp3) is 0.571. The van der Waals surface area contributed by atoms with Gasteiger partial charge in [-0.1, -0.05) is 22.0 Å². The van der Waals surface area contributed by atoms with Gasteiger partial charge in [0.05, 0.1) is 4.90 Å². The van der Waals surface area contributed by atoms with Crippen LogP contribution in [-0.2, 0) is 10.0 Å². The van der Waals surface area contributed by atoms with Crippen molar-refractivity contribution < 1.29 is 8.42 Å². The van der Waals surface area contributed by atoms with Gasteiger partial charge in [0, 0.05) is 23.6 Å². The average molecular weight is 361 g/mol. The number of nitrogens with zero attached hydrogens (tertiary/aromatic N) is 1. The molecule has 1 unspecified atom stereocenters. The summed E-state index contributed by atoms with van der Waals surface area (Å²) in [5, 5.41) is 0. The summed E-state index contributed by atoms with van der Waals surface area (Å²) >= 11 is 3.34. The van der Waals surface area contributed by atoms with E-state index in [4.69, 9.17) is 5.73 Å². The van der Waals surface area contributed by atoms with Gasteiger partial charge in [-0.05, 0) is 50.3 Å². The molecule has 0 amide bonds. The third-order valence-corrected chi connectivity index (χ3v) is 6.54. The lowest BCUT2D eigenvalue weighted by molar-refractivity contribution is 0.250. The lowest BCUT2D eigenvalue weighted by Gasteiger charge is -2.33. The van der Waals surface area contributed by atoms with Crippen LogP contribution in [0, 0.1) is 12.8 Å². The van der Waals surface area contributed by atoms with Crippen LogP contribution in [0.25, 0.3) is 0 Å². The van der Waals surface area contributed by atoms with Gasteiger partial charge in [0.1, 0.15) is 0 Å². The second-order valence-corrected chi connectivity index (χ2v) is 8.33. The first-order valence-corrected chi connectivity index (χ1v) is 9.07. The predicted molar refractivity (Wildman–Crippen MR) is 84.0 cm³/mol. The number of sulfonamides is 1. The Morgan fingerprint density at radius 2 is 1.95 bits per heavy atom. The van der Waals surface area contributed by atoms with E-state index in [1.165, 1.54) is 0 Å². The maximum absolute atomic E-state index is 12.7. The summed E-state index contributed by atoms with van der Waals surface area (Å²) < 4.78 is 27.8. The molecule has 4 nitrogen and oxygen atoms in total. The average Bonchev–Trinajstić information content (AvgIpc) is 2.41. The van der Waals surface area contributed by atoms with E-state index in [0.717, 1.165) is 22.9 Å². The van der Waals surface area contributed by atoms with Gasteiger partial charge < -0.3 is 5.73 Å². The number of halogens is 1. The smallest absolute Gasteiger partial charge is 0.243 e. The number of nitrogens with two attached hydrogens (primary N) is 1. The van der Waals surface area contributed by atoms with Crippen LogP contribution in [0.4, 0.5) is 0 Å². The highest BCUT2D eigenvalue weighted by Crippen LogP contribution is 2.28. The van der Waals surface area contributed by atoms with Crippen molar-refractivity contribution in [1.29, 1.82) is 0 Å². The third kappa shape index (κ3) is 3.24. The highest BCUT2D eigenvalue weighted by Gasteiger charge is 2.31. The van der Waals surface area contributed by atoms with Gasteiger partial charge in [-0.15, -0.1) is 0 Å². The number of benzene rings is 1. The first-order chi connectivity index (χ1) is 9.32. The third-order valence-electron chi connectivity index (χ3n) is 4.01. The molecule has 112 valence electrons. The molecule has 0 bridgehead atoms. The number of aryl methyl sites for hydroxylation is 1. The van der Waals surface area contributed by atoms with E-state index in [-0.39, 0.29) is 6.04 Å². The van der Waals surface area contributed by atoms with E-state index < -0.39 is 10.0 Å². The zero-order valence-electron chi connectivity index (χ0n) is 11.8. The van der Waals surface area contributed by atoms with Crippen molar-refractivity contribution in [2.45, 2.75) is 37.6 Å². The lowest BCUT2D eigenvalue weighted by atomic mass is 9.92. The van der Waals surface area contributed by atoms with Crippen molar-refractivity contribution in [3.05, 3.63) is 28.2 Å². The molecule has 1 heterocycles. The van der Waals surface area contributed by atoms with Crippen LogP contribution >= 0.6 is 15.9 Å². The first-order valence-electron chi connectivity index (χ1n) is 6.84. The van der Waals surface area contributed by atoms with Crippen LogP contribution in [0.3, 0.4) is 0 Å². The summed E-state index contributed by atoms with van der Waals surface area (Å²) in [7, 11) is -3.40. The lowest BCUT2D eigenvalue weighted by Crippen LogP contribution is -2.42. The molecular weight excluding hydrogens is 340 g/mol. The minimum absolute atomic E-state index is 0.132. The van der Waals surface area contributed by atoms with Crippen LogP contribution in [0.15, 0.2) is 27.6 Å². The number of hydrogen-bond donors (Lipinski definition) is 1. The summed E-state index contributed by atoms with van der Waals surface area (Å²) in [4.78, 5) is 0.395.